The van der Waals surface area contributed by atoms with Crippen LogP contribution in [0.1, 0.15) is 12.0 Å². The van der Waals surface area contributed by atoms with Crippen molar-refractivity contribution in [1.82, 2.24) is 5.06 Å². The zero-order valence-electron chi connectivity index (χ0n) is 13.5. The van der Waals surface area contributed by atoms with E-state index in [1.54, 1.807) is 0 Å². The molecule has 0 aliphatic carbocycles. The van der Waals surface area contributed by atoms with Gasteiger partial charge in [0.1, 0.15) is 17.7 Å². The molecule has 0 aromatic heterocycles. The Hall–Kier alpha value is 1.09. The van der Waals surface area contributed by atoms with Crippen molar-refractivity contribution in [1.29, 1.82) is 0 Å². The fourth-order valence-electron chi connectivity index (χ4n) is 2.20. The van der Waals surface area contributed by atoms with E-state index in [4.69, 9.17) is 14.5 Å². The molecule has 0 fully saturated rings. The van der Waals surface area contributed by atoms with Gasteiger partial charge in [0.2, 0.25) is 0 Å². The Labute approximate surface area is 243 Å². The molecule has 2 aromatic carbocycles. The van der Waals surface area contributed by atoms with Gasteiger partial charge in [-0.25, -0.2) is 5.06 Å². The molecule has 0 aliphatic rings. The van der Waals surface area contributed by atoms with Crippen molar-refractivity contribution in [2.75, 3.05) is 12.7 Å². The molecule has 0 bridgehead atoms. The minimum absolute atomic E-state index is 0. The van der Waals surface area contributed by atoms with Gasteiger partial charge in [0.05, 0.1) is 0 Å². The zero-order valence-corrected chi connectivity index (χ0v) is 14.4. The number of carbonyl (C=O) groups excluding carboxylic acids is 1. The van der Waals surface area contributed by atoms with Gasteiger partial charge in [0.25, 0.3) is 5.91 Å². The molecule has 0 atom stereocenters. The van der Waals surface area contributed by atoms with E-state index in [2.05, 4.69) is 0 Å². The Morgan fingerprint density at radius 3 is 2.26 bits per heavy atom. The predicted molar refractivity (Wildman–Crippen MR) is 106 cm³/mol. The molecule has 1 amide bonds. The number of aryl methyl sites for hydroxylation is 1. The quantitative estimate of drug-likeness (QED) is 0.246. The second-order valence-corrected chi connectivity index (χ2v) is 7.15. The Bertz CT molecular complexity index is 756. The van der Waals surface area contributed by atoms with Gasteiger partial charge in [0.15, 0.2) is 0 Å². The van der Waals surface area contributed by atoms with E-state index >= 15 is 0 Å². The van der Waals surface area contributed by atoms with E-state index in [-0.39, 0.29) is 109 Å². The number of para-hydroxylation sites is 1. The van der Waals surface area contributed by atoms with Crippen molar-refractivity contribution in [2.45, 2.75) is 12.8 Å². The fourth-order valence-corrected chi connectivity index (χ4v) is 2.72. The summed E-state index contributed by atoms with van der Waals surface area (Å²) in [5.41, 5.74) is 0.962. The van der Waals surface area contributed by atoms with E-state index in [9.17, 15) is 14.6 Å². The molecule has 138 valence electrons. The zero-order chi connectivity index (χ0) is 18.3. The monoisotopic (exact) mass is 445 g/mol. The molecule has 7 nitrogen and oxygen atoms in total. The van der Waals surface area contributed by atoms with Gasteiger partial charge in [-0.2, -0.15) is 0 Å². The van der Waals surface area contributed by atoms with Crippen molar-refractivity contribution in [3.05, 3.63) is 60.2 Å². The molecule has 10 heteroatoms. The van der Waals surface area contributed by atoms with Crippen LogP contribution in [-0.2, 0) is 15.8 Å². The van der Waals surface area contributed by atoms with E-state index in [0.717, 1.165) is 11.3 Å². The number of ether oxygens (including phenoxy) is 1. The SMILES string of the molecule is O=C(CP(=O)(O)O)N(O)CCCc1cccc(Oc2ccccc2)c1.[KH].[KH]. The Kier molecular flexibility index (Phi) is 14.7. The minimum atomic E-state index is -4.47. The average molecular weight is 446 g/mol. The molecule has 0 unspecified atom stereocenters. The predicted octanol–water partition coefficient (Wildman–Crippen LogP) is 1.51. The first-order valence-corrected chi connectivity index (χ1v) is 9.49. The van der Waals surface area contributed by atoms with Crippen LogP contribution in [0.3, 0.4) is 0 Å². The van der Waals surface area contributed by atoms with Crippen molar-refractivity contribution >= 4 is 116 Å². The first kappa shape index (κ1) is 28.1. The summed E-state index contributed by atoms with van der Waals surface area (Å²) in [6, 6.07) is 16.8. The van der Waals surface area contributed by atoms with E-state index in [1.165, 1.54) is 0 Å². The molecular formula is C17H22K2NO6P. The van der Waals surface area contributed by atoms with Crippen molar-refractivity contribution in [2.24, 2.45) is 0 Å². The molecule has 0 heterocycles. The van der Waals surface area contributed by atoms with Crippen LogP contribution in [0, 0.1) is 0 Å². The van der Waals surface area contributed by atoms with E-state index < -0.39 is 19.7 Å². The number of amides is 1. The molecular weight excluding hydrogens is 423 g/mol. The van der Waals surface area contributed by atoms with Gasteiger partial charge < -0.3 is 14.5 Å². The molecule has 3 N–H and O–H groups in total. The maximum absolute atomic E-state index is 11.4. The summed E-state index contributed by atoms with van der Waals surface area (Å²) in [5, 5.41) is 9.87. The van der Waals surface area contributed by atoms with Gasteiger partial charge in [0, 0.05) is 6.54 Å². The fraction of sp³-hybridized carbons (Fsp3) is 0.235. The number of carbonyl (C=O) groups is 1. The van der Waals surface area contributed by atoms with Gasteiger partial charge in [-0.05, 0) is 42.7 Å². The maximum atomic E-state index is 11.4. The summed E-state index contributed by atoms with van der Waals surface area (Å²) in [4.78, 5) is 28.9. The van der Waals surface area contributed by atoms with Crippen LogP contribution in [0.4, 0.5) is 0 Å². The molecule has 0 saturated heterocycles. The van der Waals surface area contributed by atoms with Crippen LogP contribution < -0.4 is 4.74 Å². The third kappa shape index (κ3) is 11.8. The number of hydrogen-bond donors (Lipinski definition) is 3. The normalized spacial score (nSPS) is 10.3. The van der Waals surface area contributed by atoms with Crippen LogP contribution in [0.5, 0.6) is 11.5 Å². The second kappa shape index (κ2) is 14.2. The molecule has 0 spiro atoms. The molecule has 0 radical (unpaired) electrons. The number of hydrogen-bond acceptors (Lipinski definition) is 4. The van der Waals surface area contributed by atoms with Gasteiger partial charge in [-0.3, -0.25) is 14.6 Å². The van der Waals surface area contributed by atoms with Gasteiger partial charge in [-0.1, -0.05) is 30.3 Å². The van der Waals surface area contributed by atoms with Crippen molar-refractivity contribution in [3.63, 3.8) is 0 Å². The summed E-state index contributed by atoms with van der Waals surface area (Å²) < 4.78 is 16.5. The standard InChI is InChI=1S/C17H20NO6P.2K.2H/c19-17(13-25(21,22)23)18(20)11-5-7-14-6-4-10-16(12-14)24-15-8-2-1-3-9-15;;;;/h1-4,6,8-10,12,20H,5,7,11,13H2,(H2,21,22,23);;;;. The topological polar surface area (TPSA) is 107 Å². The first-order valence-electron chi connectivity index (χ1n) is 7.69. The molecule has 0 saturated carbocycles. The first-order chi connectivity index (χ1) is 11.8. The summed E-state index contributed by atoms with van der Waals surface area (Å²) in [6.07, 6.45) is 0.0222. The van der Waals surface area contributed by atoms with Crippen LogP contribution >= 0.6 is 7.60 Å². The Morgan fingerprint density at radius 1 is 1.00 bits per heavy atom. The number of benzene rings is 2. The third-order valence-corrected chi connectivity index (χ3v) is 4.02. The molecule has 0 aliphatic heterocycles. The summed E-state index contributed by atoms with van der Waals surface area (Å²) in [6.45, 7) is -0.0113. The number of nitrogens with zero attached hydrogens (tertiary/aromatic N) is 1. The third-order valence-electron chi connectivity index (χ3n) is 3.34. The van der Waals surface area contributed by atoms with Crippen LogP contribution in [0.2, 0.25) is 0 Å². The summed E-state index contributed by atoms with van der Waals surface area (Å²) in [7, 11) is -4.47. The van der Waals surface area contributed by atoms with Crippen molar-refractivity contribution in [3.8, 4) is 11.5 Å². The molecule has 2 aromatic rings. The Morgan fingerprint density at radius 2 is 1.63 bits per heavy atom. The van der Waals surface area contributed by atoms with Gasteiger partial charge >= 0.3 is 110 Å². The van der Waals surface area contributed by atoms with E-state index in [0.29, 0.717) is 23.7 Å². The summed E-state index contributed by atoms with van der Waals surface area (Å²) >= 11 is 0. The van der Waals surface area contributed by atoms with Gasteiger partial charge in [-0.15, -0.1) is 0 Å². The number of rotatable bonds is 8. The van der Waals surface area contributed by atoms with E-state index in [1.807, 2.05) is 54.6 Å². The second-order valence-electron chi connectivity index (χ2n) is 5.51. The number of hydroxylamine groups is 2. The van der Waals surface area contributed by atoms with Crippen molar-refractivity contribution < 1.29 is 29.1 Å². The van der Waals surface area contributed by atoms with Crippen LogP contribution in [0.25, 0.3) is 0 Å². The molecule has 2 rings (SSSR count). The molecule has 27 heavy (non-hydrogen) atoms. The summed E-state index contributed by atoms with van der Waals surface area (Å²) in [5.74, 6) is 0.417. The van der Waals surface area contributed by atoms with Crippen LogP contribution in [0.15, 0.2) is 54.6 Å². The van der Waals surface area contributed by atoms with Crippen LogP contribution in [-0.4, -0.2) is 141 Å². The average Bonchev–Trinajstić information content (AvgIpc) is 2.54. The Balaban J connectivity index is 0.00000338.